The minimum Gasteiger partial charge on any atom is -0.480 e. The van der Waals surface area contributed by atoms with E-state index in [0.29, 0.717) is 12.5 Å². The third-order valence-corrected chi connectivity index (χ3v) is 5.14. The predicted molar refractivity (Wildman–Crippen MR) is 92.4 cm³/mol. The standard InChI is InChI=1S/C18H34N2O3/c1-4-14(3)17(18(22)23)19-16(21)12-9-13-20(5-2)15-10-7-6-8-11-15/h14-15,17H,4-13H2,1-3H3,(H,19,21)(H,22,23). The monoisotopic (exact) mass is 326 g/mol. The quantitative estimate of drug-likeness (QED) is 0.647. The van der Waals surface area contributed by atoms with Crippen molar-refractivity contribution in [1.82, 2.24) is 10.2 Å². The van der Waals surface area contributed by atoms with Gasteiger partial charge in [0.2, 0.25) is 5.91 Å². The number of hydrogen-bond donors (Lipinski definition) is 2. The van der Waals surface area contributed by atoms with Crippen LogP contribution < -0.4 is 5.32 Å². The second kappa shape index (κ2) is 10.6. The molecule has 2 unspecified atom stereocenters. The van der Waals surface area contributed by atoms with Crippen molar-refractivity contribution in [2.45, 2.75) is 84.2 Å². The van der Waals surface area contributed by atoms with Crippen LogP contribution in [-0.2, 0) is 9.59 Å². The summed E-state index contributed by atoms with van der Waals surface area (Å²) in [6.07, 6.45) is 8.47. The number of hydrogen-bond acceptors (Lipinski definition) is 3. The maximum Gasteiger partial charge on any atom is 0.326 e. The Kier molecular flexibility index (Phi) is 9.22. The summed E-state index contributed by atoms with van der Waals surface area (Å²) in [5.41, 5.74) is 0. The second-order valence-corrected chi connectivity index (χ2v) is 6.79. The van der Waals surface area contributed by atoms with Crippen molar-refractivity contribution < 1.29 is 14.7 Å². The van der Waals surface area contributed by atoms with E-state index < -0.39 is 12.0 Å². The van der Waals surface area contributed by atoms with Gasteiger partial charge in [-0.15, -0.1) is 0 Å². The highest BCUT2D eigenvalue weighted by molar-refractivity contribution is 5.83. The zero-order valence-electron chi connectivity index (χ0n) is 15.0. The van der Waals surface area contributed by atoms with Crippen molar-refractivity contribution in [3.63, 3.8) is 0 Å². The Morgan fingerprint density at radius 1 is 1.22 bits per heavy atom. The molecule has 0 aromatic carbocycles. The van der Waals surface area contributed by atoms with Crippen LogP contribution in [0, 0.1) is 5.92 Å². The summed E-state index contributed by atoms with van der Waals surface area (Å²) < 4.78 is 0. The van der Waals surface area contributed by atoms with Gasteiger partial charge >= 0.3 is 5.97 Å². The van der Waals surface area contributed by atoms with E-state index in [1.54, 1.807) is 0 Å². The number of carbonyl (C=O) groups excluding carboxylic acids is 1. The first kappa shape index (κ1) is 19.9. The maximum atomic E-state index is 12.0. The number of nitrogens with one attached hydrogen (secondary N) is 1. The summed E-state index contributed by atoms with van der Waals surface area (Å²) in [5, 5.41) is 11.9. The third kappa shape index (κ3) is 6.90. The molecule has 1 fully saturated rings. The molecule has 0 saturated heterocycles. The molecule has 1 saturated carbocycles. The summed E-state index contributed by atoms with van der Waals surface area (Å²) in [4.78, 5) is 25.8. The van der Waals surface area contributed by atoms with Gasteiger partial charge in [0.05, 0.1) is 0 Å². The summed E-state index contributed by atoms with van der Waals surface area (Å²) in [5.74, 6) is -1.13. The first-order valence-electron chi connectivity index (χ1n) is 9.25. The van der Waals surface area contributed by atoms with E-state index in [1.807, 2.05) is 13.8 Å². The van der Waals surface area contributed by atoms with Crippen LogP contribution in [0.25, 0.3) is 0 Å². The van der Waals surface area contributed by atoms with E-state index in [-0.39, 0.29) is 11.8 Å². The molecular formula is C18H34N2O3. The average molecular weight is 326 g/mol. The molecule has 5 heteroatoms. The smallest absolute Gasteiger partial charge is 0.326 e. The minimum atomic E-state index is -0.940. The number of carboxylic acids is 1. The fourth-order valence-electron chi connectivity index (χ4n) is 3.42. The van der Waals surface area contributed by atoms with Crippen molar-refractivity contribution in [1.29, 1.82) is 0 Å². The highest BCUT2D eigenvalue weighted by atomic mass is 16.4. The lowest BCUT2D eigenvalue weighted by Gasteiger charge is -2.33. The molecule has 0 aliphatic heterocycles. The molecule has 0 spiro atoms. The van der Waals surface area contributed by atoms with Crippen LogP contribution in [0.1, 0.15) is 72.1 Å². The van der Waals surface area contributed by atoms with Crippen LogP contribution >= 0.6 is 0 Å². The van der Waals surface area contributed by atoms with Gasteiger partial charge in [-0.25, -0.2) is 4.79 Å². The first-order chi connectivity index (χ1) is 11.0. The molecule has 0 aromatic rings. The van der Waals surface area contributed by atoms with Crippen LogP contribution in [-0.4, -0.2) is 47.1 Å². The SMILES string of the molecule is CCC(C)C(NC(=O)CCCN(CC)C1CCCCC1)C(=O)O. The summed E-state index contributed by atoms with van der Waals surface area (Å²) >= 11 is 0. The van der Waals surface area contributed by atoms with Crippen molar-refractivity contribution >= 4 is 11.9 Å². The van der Waals surface area contributed by atoms with Crippen molar-refractivity contribution in [3.05, 3.63) is 0 Å². The lowest BCUT2D eigenvalue weighted by atomic mass is 9.94. The maximum absolute atomic E-state index is 12.0. The van der Waals surface area contributed by atoms with E-state index in [9.17, 15) is 14.7 Å². The fourth-order valence-corrected chi connectivity index (χ4v) is 3.42. The topological polar surface area (TPSA) is 69.6 Å². The molecule has 5 nitrogen and oxygen atoms in total. The zero-order chi connectivity index (χ0) is 17.2. The molecule has 1 amide bonds. The van der Waals surface area contributed by atoms with Gasteiger partial charge in [0.1, 0.15) is 6.04 Å². The van der Waals surface area contributed by atoms with Crippen molar-refractivity contribution in [2.24, 2.45) is 5.92 Å². The van der Waals surface area contributed by atoms with Gasteiger partial charge in [-0.05, 0) is 38.3 Å². The van der Waals surface area contributed by atoms with Gasteiger partial charge in [0.15, 0.2) is 0 Å². The predicted octanol–water partition coefficient (Wildman–Crippen LogP) is 3.04. The lowest BCUT2D eigenvalue weighted by molar-refractivity contribution is -0.143. The van der Waals surface area contributed by atoms with Gasteiger partial charge in [0, 0.05) is 12.5 Å². The summed E-state index contributed by atoms with van der Waals surface area (Å²) in [6, 6.07) is -0.100. The molecule has 0 aromatic heterocycles. The van der Waals surface area contributed by atoms with E-state index in [0.717, 1.165) is 25.9 Å². The Labute approximate surface area is 140 Å². The van der Waals surface area contributed by atoms with Crippen LogP contribution in [0.5, 0.6) is 0 Å². The number of carbonyl (C=O) groups is 2. The normalized spacial score (nSPS) is 18.6. The molecule has 134 valence electrons. The van der Waals surface area contributed by atoms with Gasteiger partial charge in [-0.3, -0.25) is 4.79 Å². The number of aliphatic carboxylic acids is 1. The van der Waals surface area contributed by atoms with Crippen molar-refractivity contribution in [2.75, 3.05) is 13.1 Å². The molecular weight excluding hydrogens is 292 g/mol. The molecule has 1 aliphatic rings. The first-order valence-corrected chi connectivity index (χ1v) is 9.25. The van der Waals surface area contributed by atoms with Crippen LogP contribution in [0.3, 0.4) is 0 Å². The fraction of sp³-hybridized carbons (Fsp3) is 0.889. The van der Waals surface area contributed by atoms with Crippen molar-refractivity contribution in [3.8, 4) is 0 Å². The Morgan fingerprint density at radius 3 is 2.39 bits per heavy atom. The zero-order valence-corrected chi connectivity index (χ0v) is 15.0. The van der Waals surface area contributed by atoms with Crippen LogP contribution in [0.15, 0.2) is 0 Å². The van der Waals surface area contributed by atoms with E-state index in [4.69, 9.17) is 0 Å². The van der Waals surface area contributed by atoms with E-state index >= 15 is 0 Å². The lowest BCUT2D eigenvalue weighted by Crippen LogP contribution is -2.45. The molecule has 1 aliphatic carbocycles. The van der Waals surface area contributed by atoms with Gasteiger partial charge in [-0.2, -0.15) is 0 Å². The number of rotatable bonds is 10. The highest BCUT2D eigenvalue weighted by Crippen LogP contribution is 2.22. The summed E-state index contributed by atoms with van der Waals surface area (Å²) in [6.45, 7) is 7.93. The molecule has 0 heterocycles. The van der Waals surface area contributed by atoms with E-state index in [2.05, 4.69) is 17.1 Å². The Hall–Kier alpha value is -1.10. The largest absolute Gasteiger partial charge is 0.480 e. The Morgan fingerprint density at radius 2 is 1.87 bits per heavy atom. The molecule has 2 atom stereocenters. The minimum absolute atomic E-state index is 0.0502. The van der Waals surface area contributed by atoms with Gasteiger partial charge in [-0.1, -0.05) is 46.5 Å². The molecule has 2 N–H and O–H groups in total. The number of carboxylic acid groups (broad SMARTS) is 1. The number of amides is 1. The molecule has 1 rings (SSSR count). The summed E-state index contributed by atoms with van der Waals surface area (Å²) in [7, 11) is 0. The van der Waals surface area contributed by atoms with E-state index in [1.165, 1.54) is 32.1 Å². The Balaban J connectivity index is 2.35. The Bertz CT molecular complexity index is 367. The highest BCUT2D eigenvalue weighted by Gasteiger charge is 2.25. The third-order valence-electron chi connectivity index (χ3n) is 5.14. The second-order valence-electron chi connectivity index (χ2n) is 6.79. The molecule has 0 bridgehead atoms. The van der Waals surface area contributed by atoms with Gasteiger partial charge < -0.3 is 15.3 Å². The average Bonchev–Trinajstić information content (AvgIpc) is 2.56. The molecule has 0 radical (unpaired) electrons. The van der Waals surface area contributed by atoms with Crippen LogP contribution in [0.2, 0.25) is 0 Å². The molecule has 23 heavy (non-hydrogen) atoms. The van der Waals surface area contributed by atoms with Gasteiger partial charge in [0.25, 0.3) is 0 Å². The van der Waals surface area contributed by atoms with Crippen LogP contribution in [0.4, 0.5) is 0 Å². The number of nitrogens with zero attached hydrogens (tertiary/aromatic N) is 1.